The van der Waals surface area contributed by atoms with Gasteiger partial charge in [-0.1, -0.05) is 48.5 Å². The molecule has 3 heteroatoms. The molecule has 1 aliphatic rings. The van der Waals surface area contributed by atoms with Crippen LogP contribution < -0.4 is 5.32 Å². The van der Waals surface area contributed by atoms with Gasteiger partial charge >= 0.3 is 0 Å². The molecule has 3 nitrogen and oxygen atoms in total. The predicted molar refractivity (Wildman–Crippen MR) is 87.9 cm³/mol. The van der Waals surface area contributed by atoms with Crippen LogP contribution >= 0.6 is 0 Å². The van der Waals surface area contributed by atoms with Crippen molar-refractivity contribution in [3.63, 3.8) is 0 Å². The second-order valence-electron chi connectivity index (χ2n) is 5.86. The lowest BCUT2D eigenvalue weighted by Crippen LogP contribution is -2.24. The van der Waals surface area contributed by atoms with Crippen molar-refractivity contribution in [3.8, 4) is 5.75 Å². The highest BCUT2D eigenvalue weighted by molar-refractivity contribution is 5.85. The van der Waals surface area contributed by atoms with Crippen LogP contribution in [0.5, 0.6) is 5.75 Å². The predicted octanol–water partition coefficient (Wildman–Crippen LogP) is 3.78. The van der Waals surface area contributed by atoms with E-state index in [0.29, 0.717) is 11.6 Å². The molecule has 1 saturated carbocycles. The van der Waals surface area contributed by atoms with Gasteiger partial charge in [0.15, 0.2) is 0 Å². The zero-order valence-corrected chi connectivity index (χ0v) is 12.2. The van der Waals surface area contributed by atoms with Gasteiger partial charge < -0.3 is 10.4 Å². The number of aromatic hydroxyl groups is 1. The molecule has 0 bridgehead atoms. The molecule has 0 radical (unpaired) electrons. The van der Waals surface area contributed by atoms with Gasteiger partial charge in [-0.2, -0.15) is 0 Å². The molecule has 22 heavy (non-hydrogen) atoms. The van der Waals surface area contributed by atoms with Crippen LogP contribution in [-0.2, 0) is 0 Å². The van der Waals surface area contributed by atoms with Crippen LogP contribution in [0.25, 0.3) is 10.9 Å². The highest BCUT2D eigenvalue weighted by Gasteiger charge is 2.28. The number of pyridine rings is 1. The van der Waals surface area contributed by atoms with Crippen molar-refractivity contribution in [1.82, 2.24) is 10.3 Å². The Morgan fingerprint density at radius 2 is 1.82 bits per heavy atom. The van der Waals surface area contributed by atoms with Crippen molar-refractivity contribution in [2.24, 2.45) is 0 Å². The standard InChI is InChI=1S/C19H18N2O/c22-19-16(11-8-14-7-4-12-20-18(14)19)17(21-15-9-10-15)13-5-2-1-3-6-13/h1-8,11-12,15,17,21-22H,9-10H2. The number of phenolic OH excluding ortho intramolecular Hbond substituents is 1. The Labute approximate surface area is 129 Å². The number of benzene rings is 2. The highest BCUT2D eigenvalue weighted by atomic mass is 16.3. The molecule has 1 fully saturated rings. The first-order chi connectivity index (χ1) is 10.8. The number of rotatable bonds is 4. The Balaban J connectivity index is 1.83. The molecule has 0 amide bonds. The van der Waals surface area contributed by atoms with Gasteiger partial charge in [0.25, 0.3) is 0 Å². The van der Waals surface area contributed by atoms with Gasteiger partial charge in [0.05, 0.1) is 6.04 Å². The van der Waals surface area contributed by atoms with Crippen molar-refractivity contribution >= 4 is 10.9 Å². The summed E-state index contributed by atoms with van der Waals surface area (Å²) in [7, 11) is 0. The minimum Gasteiger partial charge on any atom is -0.505 e. The second-order valence-corrected chi connectivity index (χ2v) is 5.86. The van der Waals surface area contributed by atoms with Gasteiger partial charge in [-0.25, -0.2) is 0 Å². The van der Waals surface area contributed by atoms with E-state index in [9.17, 15) is 5.11 Å². The second kappa shape index (κ2) is 5.43. The molecule has 0 saturated heterocycles. The van der Waals surface area contributed by atoms with E-state index in [-0.39, 0.29) is 11.8 Å². The van der Waals surface area contributed by atoms with Crippen molar-refractivity contribution in [3.05, 3.63) is 71.9 Å². The lowest BCUT2D eigenvalue weighted by molar-refractivity contribution is 0.461. The zero-order valence-electron chi connectivity index (χ0n) is 12.2. The van der Waals surface area contributed by atoms with E-state index in [1.54, 1.807) is 6.20 Å². The summed E-state index contributed by atoms with van der Waals surface area (Å²) < 4.78 is 0. The first-order valence-electron chi connectivity index (χ1n) is 7.70. The number of nitrogens with zero attached hydrogens (tertiary/aromatic N) is 1. The van der Waals surface area contributed by atoms with Gasteiger partial charge in [-0.05, 0) is 24.5 Å². The number of aromatic nitrogens is 1. The third kappa shape index (κ3) is 2.44. The fourth-order valence-electron chi connectivity index (χ4n) is 2.87. The molecule has 1 aromatic heterocycles. The Bertz CT molecular complexity index is 797. The zero-order chi connectivity index (χ0) is 14.9. The maximum atomic E-state index is 10.7. The van der Waals surface area contributed by atoms with Crippen LogP contribution in [0.3, 0.4) is 0 Å². The lowest BCUT2D eigenvalue weighted by atomic mass is 9.96. The molecule has 1 aliphatic carbocycles. The SMILES string of the molecule is Oc1c(C(NC2CC2)c2ccccc2)ccc2cccnc12. The Kier molecular flexibility index (Phi) is 3.28. The summed E-state index contributed by atoms with van der Waals surface area (Å²) in [6, 6.07) is 18.7. The summed E-state index contributed by atoms with van der Waals surface area (Å²) in [4.78, 5) is 4.33. The van der Waals surface area contributed by atoms with Crippen LogP contribution in [0.1, 0.15) is 30.0 Å². The van der Waals surface area contributed by atoms with E-state index in [0.717, 1.165) is 10.9 Å². The fraction of sp³-hybridized carbons (Fsp3) is 0.211. The smallest absolute Gasteiger partial charge is 0.146 e. The van der Waals surface area contributed by atoms with Gasteiger partial charge in [0, 0.05) is 23.2 Å². The number of hydrogen-bond acceptors (Lipinski definition) is 3. The summed E-state index contributed by atoms with van der Waals surface area (Å²) in [5, 5.41) is 15.3. The van der Waals surface area contributed by atoms with Crippen LogP contribution in [0.15, 0.2) is 60.8 Å². The molecular formula is C19H18N2O. The molecule has 2 N–H and O–H groups in total. The van der Waals surface area contributed by atoms with Crippen molar-refractivity contribution in [1.29, 1.82) is 0 Å². The Morgan fingerprint density at radius 3 is 2.59 bits per heavy atom. The van der Waals surface area contributed by atoms with Crippen molar-refractivity contribution in [2.75, 3.05) is 0 Å². The minimum atomic E-state index is 0.0000983. The molecule has 4 rings (SSSR count). The maximum Gasteiger partial charge on any atom is 0.146 e. The molecule has 0 aliphatic heterocycles. The highest BCUT2D eigenvalue weighted by Crippen LogP contribution is 2.36. The summed E-state index contributed by atoms with van der Waals surface area (Å²) in [6.45, 7) is 0. The van der Waals surface area contributed by atoms with Gasteiger partial charge in [-0.15, -0.1) is 0 Å². The molecule has 1 atom stereocenters. The maximum absolute atomic E-state index is 10.7. The van der Waals surface area contributed by atoms with E-state index in [2.05, 4.69) is 22.4 Å². The third-order valence-corrected chi connectivity index (χ3v) is 4.20. The quantitative estimate of drug-likeness (QED) is 0.768. The van der Waals surface area contributed by atoms with E-state index in [4.69, 9.17) is 0 Å². The largest absolute Gasteiger partial charge is 0.505 e. The summed E-state index contributed by atoms with van der Waals surface area (Å²) in [5.41, 5.74) is 2.72. The van der Waals surface area contributed by atoms with Gasteiger partial charge in [-0.3, -0.25) is 4.98 Å². The van der Waals surface area contributed by atoms with Crippen molar-refractivity contribution < 1.29 is 5.11 Å². The fourth-order valence-corrected chi connectivity index (χ4v) is 2.87. The van der Waals surface area contributed by atoms with Crippen molar-refractivity contribution in [2.45, 2.75) is 24.9 Å². The summed E-state index contributed by atoms with van der Waals surface area (Å²) >= 11 is 0. The molecule has 2 aromatic carbocycles. The van der Waals surface area contributed by atoms with Crippen LogP contribution in [0, 0.1) is 0 Å². The Hall–Kier alpha value is -2.39. The number of hydrogen-bond donors (Lipinski definition) is 2. The first kappa shape index (κ1) is 13.3. The summed E-state index contributed by atoms with van der Waals surface area (Å²) in [5.74, 6) is 0.278. The average Bonchev–Trinajstić information content (AvgIpc) is 3.39. The number of nitrogens with one attached hydrogen (secondary N) is 1. The van der Waals surface area contributed by atoms with Gasteiger partial charge in [0.1, 0.15) is 11.3 Å². The molecule has 0 spiro atoms. The van der Waals surface area contributed by atoms with E-state index in [1.807, 2.05) is 42.5 Å². The van der Waals surface area contributed by atoms with Crippen LogP contribution in [0.4, 0.5) is 0 Å². The number of fused-ring (bicyclic) bond motifs is 1. The van der Waals surface area contributed by atoms with E-state index in [1.165, 1.54) is 18.4 Å². The topological polar surface area (TPSA) is 45.1 Å². The number of phenols is 1. The molecule has 1 heterocycles. The Morgan fingerprint density at radius 1 is 1.00 bits per heavy atom. The first-order valence-corrected chi connectivity index (χ1v) is 7.70. The van der Waals surface area contributed by atoms with Crippen LogP contribution in [0.2, 0.25) is 0 Å². The normalized spacial score (nSPS) is 15.8. The van der Waals surface area contributed by atoms with E-state index < -0.39 is 0 Å². The van der Waals surface area contributed by atoms with Gasteiger partial charge in [0.2, 0.25) is 0 Å². The van der Waals surface area contributed by atoms with E-state index >= 15 is 0 Å². The third-order valence-electron chi connectivity index (χ3n) is 4.20. The molecule has 1 unspecified atom stereocenters. The molecule has 3 aromatic rings. The molecule has 110 valence electrons. The summed E-state index contributed by atoms with van der Waals surface area (Å²) in [6.07, 6.45) is 4.13. The minimum absolute atomic E-state index is 0.0000983. The van der Waals surface area contributed by atoms with Crippen LogP contribution in [-0.4, -0.2) is 16.1 Å². The average molecular weight is 290 g/mol. The monoisotopic (exact) mass is 290 g/mol. The lowest BCUT2D eigenvalue weighted by Gasteiger charge is -2.21. The molecular weight excluding hydrogens is 272 g/mol.